The van der Waals surface area contributed by atoms with Crippen molar-refractivity contribution in [3.8, 4) is 5.82 Å². The number of hydrogen-bond donors (Lipinski definition) is 0. The summed E-state index contributed by atoms with van der Waals surface area (Å²) >= 11 is 0. The van der Waals surface area contributed by atoms with Crippen molar-refractivity contribution in [1.29, 1.82) is 0 Å². The fraction of sp³-hybridized carbons (Fsp3) is 0.348. The van der Waals surface area contributed by atoms with E-state index in [0.717, 1.165) is 16.3 Å². The summed E-state index contributed by atoms with van der Waals surface area (Å²) in [4.78, 5) is 27.1. The number of nitrogens with zero attached hydrogens (tertiary/aromatic N) is 7. The van der Waals surface area contributed by atoms with Gasteiger partial charge in [-0.25, -0.2) is 13.1 Å². The Morgan fingerprint density at radius 1 is 0.800 bits per heavy atom. The number of carbonyl (C=O) groups is 2. The molecular weight excluding hydrogens is 470 g/mol. The molecule has 0 N–H and O–H groups in total. The van der Waals surface area contributed by atoms with Gasteiger partial charge in [0.1, 0.15) is 0 Å². The van der Waals surface area contributed by atoms with Crippen LogP contribution in [0.1, 0.15) is 24.2 Å². The van der Waals surface area contributed by atoms with E-state index in [1.165, 1.54) is 28.6 Å². The molecule has 5 rings (SSSR count). The molecule has 3 aromatic rings. The van der Waals surface area contributed by atoms with Gasteiger partial charge in [-0.05, 0) is 56.3 Å². The quantitative estimate of drug-likeness (QED) is 0.488. The first kappa shape index (κ1) is 23.1. The first-order chi connectivity index (χ1) is 16.7. The molecule has 4 heterocycles. The third-order valence-electron chi connectivity index (χ3n) is 6.21. The molecule has 11 nitrogen and oxygen atoms in total. The Kier molecular flexibility index (Phi) is 5.85. The summed E-state index contributed by atoms with van der Waals surface area (Å²) in [5.41, 5.74) is 2.26. The van der Waals surface area contributed by atoms with E-state index >= 15 is 0 Å². The highest BCUT2D eigenvalue weighted by Gasteiger charge is 2.32. The van der Waals surface area contributed by atoms with E-state index in [0.29, 0.717) is 43.5 Å². The molecule has 182 valence electrons. The van der Waals surface area contributed by atoms with Gasteiger partial charge in [0.25, 0.3) is 0 Å². The monoisotopic (exact) mass is 495 g/mol. The van der Waals surface area contributed by atoms with E-state index in [4.69, 9.17) is 0 Å². The summed E-state index contributed by atoms with van der Waals surface area (Å²) in [6, 6.07) is 11.6. The van der Waals surface area contributed by atoms with Crippen LogP contribution < -0.4 is 9.80 Å². The normalized spacial score (nSPS) is 17.4. The lowest BCUT2D eigenvalue weighted by atomic mass is 10.3. The number of hydrogen-bond acceptors (Lipinski definition) is 8. The van der Waals surface area contributed by atoms with Gasteiger partial charge in [-0.2, -0.15) is 9.40 Å². The van der Waals surface area contributed by atoms with Crippen molar-refractivity contribution < 1.29 is 18.0 Å². The molecule has 0 radical (unpaired) electrons. The average molecular weight is 496 g/mol. The molecule has 0 spiro atoms. The number of sulfonamides is 1. The molecule has 0 saturated carbocycles. The van der Waals surface area contributed by atoms with Crippen molar-refractivity contribution in [3.05, 3.63) is 53.9 Å². The lowest BCUT2D eigenvalue weighted by Gasteiger charge is -2.34. The minimum Gasteiger partial charge on any atom is -0.352 e. The third-order valence-corrected chi connectivity index (χ3v) is 8.12. The third kappa shape index (κ3) is 4.30. The molecule has 2 amide bonds. The van der Waals surface area contributed by atoms with Crippen LogP contribution in [0.5, 0.6) is 0 Å². The van der Waals surface area contributed by atoms with E-state index in [-0.39, 0.29) is 29.6 Å². The van der Waals surface area contributed by atoms with Gasteiger partial charge in [0, 0.05) is 44.7 Å². The number of aryl methyl sites for hydroxylation is 2. The van der Waals surface area contributed by atoms with Gasteiger partial charge in [-0.15, -0.1) is 10.2 Å². The van der Waals surface area contributed by atoms with Crippen molar-refractivity contribution in [2.24, 2.45) is 0 Å². The minimum atomic E-state index is -3.71. The molecular formula is C23H25N7O4S. The van der Waals surface area contributed by atoms with Crippen LogP contribution in [0.15, 0.2) is 47.4 Å². The standard InChI is InChI=1S/C23H25N7O4S/c1-16-15-17(2)30(26-16)21-8-7-20(24-25-21)27-11-13-28(14-12-27)35(33,34)19-5-3-18(4-6-19)29-22(31)9-10-23(29)32/h3-8,15H,9-14H2,1-2H3. The zero-order chi connectivity index (χ0) is 24.7. The largest absolute Gasteiger partial charge is 0.352 e. The highest BCUT2D eigenvalue weighted by Crippen LogP contribution is 2.26. The van der Waals surface area contributed by atoms with Crippen LogP contribution in [0.2, 0.25) is 0 Å². The van der Waals surface area contributed by atoms with Crippen LogP contribution in [0, 0.1) is 13.8 Å². The molecule has 12 heteroatoms. The SMILES string of the molecule is Cc1cc(C)n(-c2ccc(N3CCN(S(=O)(=O)c4ccc(N5C(=O)CCC5=O)cc4)CC3)nn2)n1. The number of benzene rings is 1. The molecule has 2 aromatic heterocycles. The highest BCUT2D eigenvalue weighted by molar-refractivity contribution is 7.89. The van der Waals surface area contributed by atoms with E-state index in [1.807, 2.05) is 36.9 Å². The Balaban J connectivity index is 1.24. The highest BCUT2D eigenvalue weighted by atomic mass is 32.2. The summed E-state index contributed by atoms with van der Waals surface area (Å²) in [5, 5.41) is 13.0. The molecule has 0 aliphatic carbocycles. The van der Waals surface area contributed by atoms with E-state index < -0.39 is 10.0 Å². The summed E-state index contributed by atoms with van der Waals surface area (Å²) in [5.74, 6) is 0.762. The maximum absolute atomic E-state index is 13.1. The fourth-order valence-electron chi connectivity index (χ4n) is 4.40. The summed E-state index contributed by atoms with van der Waals surface area (Å²) < 4.78 is 29.5. The van der Waals surface area contributed by atoms with Crippen molar-refractivity contribution in [2.45, 2.75) is 31.6 Å². The Labute approximate surface area is 203 Å². The van der Waals surface area contributed by atoms with Gasteiger partial charge in [-0.3, -0.25) is 14.5 Å². The molecule has 35 heavy (non-hydrogen) atoms. The number of imide groups is 1. The zero-order valence-electron chi connectivity index (χ0n) is 19.5. The molecule has 0 atom stereocenters. The number of amides is 2. The maximum Gasteiger partial charge on any atom is 0.243 e. The topological polar surface area (TPSA) is 122 Å². The van der Waals surface area contributed by atoms with Crippen molar-refractivity contribution in [2.75, 3.05) is 36.0 Å². The second-order valence-corrected chi connectivity index (χ2v) is 10.5. The summed E-state index contributed by atoms with van der Waals surface area (Å²) in [7, 11) is -3.71. The molecule has 2 aliphatic heterocycles. The summed E-state index contributed by atoms with van der Waals surface area (Å²) in [6.07, 6.45) is 0.359. The molecule has 2 aliphatic rings. The van der Waals surface area contributed by atoms with E-state index in [1.54, 1.807) is 4.68 Å². The Morgan fingerprint density at radius 3 is 1.94 bits per heavy atom. The Hall–Kier alpha value is -3.64. The number of aromatic nitrogens is 4. The molecule has 0 unspecified atom stereocenters. The number of rotatable bonds is 5. The van der Waals surface area contributed by atoms with Gasteiger partial charge in [0.2, 0.25) is 21.8 Å². The van der Waals surface area contributed by atoms with Crippen molar-refractivity contribution in [3.63, 3.8) is 0 Å². The van der Waals surface area contributed by atoms with Crippen LogP contribution >= 0.6 is 0 Å². The Bertz CT molecular complexity index is 1360. The zero-order valence-corrected chi connectivity index (χ0v) is 20.3. The Morgan fingerprint density at radius 2 is 1.40 bits per heavy atom. The maximum atomic E-state index is 13.1. The smallest absolute Gasteiger partial charge is 0.243 e. The predicted octanol–water partition coefficient (Wildman–Crippen LogP) is 1.44. The molecule has 2 fully saturated rings. The molecule has 0 bridgehead atoms. The second kappa shape index (κ2) is 8.86. The van der Waals surface area contributed by atoms with Crippen LogP contribution in [0.3, 0.4) is 0 Å². The van der Waals surface area contributed by atoms with Gasteiger partial charge in [0.15, 0.2) is 11.6 Å². The fourth-order valence-corrected chi connectivity index (χ4v) is 5.82. The predicted molar refractivity (Wildman–Crippen MR) is 128 cm³/mol. The number of anilines is 2. The van der Waals surface area contributed by atoms with Gasteiger partial charge in [-0.1, -0.05) is 0 Å². The van der Waals surface area contributed by atoms with Crippen LogP contribution in [0.4, 0.5) is 11.5 Å². The minimum absolute atomic E-state index is 0.128. The van der Waals surface area contributed by atoms with Crippen molar-refractivity contribution >= 4 is 33.3 Å². The number of piperazine rings is 1. The summed E-state index contributed by atoms with van der Waals surface area (Å²) in [6.45, 7) is 5.42. The average Bonchev–Trinajstić information content (AvgIpc) is 3.38. The first-order valence-corrected chi connectivity index (χ1v) is 12.8. The second-order valence-electron chi connectivity index (χ2n) is 8.60. The van der Waals surface area contributed by atoms with Crippen LogP contribution in [0.25, 0.3) is 5.82 Å². The van der Waals surface area contributed by atoms with E-state index in [9.17, 15) is 18.0 Å². The van der Waals surface area contributed by atoms with Gasteiger partial charge >= 0.3 is 0 Å². The lowest BCUT2D eigenvalue weighted by Crippen LogP contribution is -2.49. The lowest BCUT2D eigenvalue weighted by molar-refractivity contribution is -0.121. The van der Waals surface area contributed by atoms with Gasteiger partial charge in [0.05, 0.1) is 16.3 Å². The first-order valence-electron chi connectivity index (χ1n) is 11.3. The molecule has 2 saturated heterocycles. The van der Waals surface area contributed by atoms with Gasteiger partial charge < -0.3 is 4.90 Å². The van der Waals surface area contributed by atoms with Crippen LogP contribution in [-0.4, -0.2) is 70.7 Å². The van der Waals surface area contributed by atoms with Crippen molar-refractivity contribution in [1.82, 2.24) is 24.3 Å². The van der Waals surface area contributed by atoms with E-state index in [2.05, 4.69) is 15.3 Å². The van der Waals surface area contributed by atoms with Crippen LogP contribution in [-0.2, 0) is 19.6 Å². The number of carbonyl (C=O) groups excluding carboxylic acids is 2. The molecule has 1 aromatic carbocycles.